The summed E-state index contributed by atoms with van der Waals surface area (Å²) in [6, 6.07) is 4.78. The summed E-state index contributed by atoms with van der Waals surface area (Å²) in [6.07, 6.45) is 3.50. The van der Waals surface area contributed by atoms with Crippen LogP contribution in [0.3, 0.4) is 0 Å². The molecule has 148 valence electrons. The van der Waals surface area contributed by atoms with Gasteiger partial charge in [0.25, 0.3) is 5.91 Å². The standard InChI is InChI=1S/C20H28N2O5/c1-13(12-23)21-19(24)17-11-16(26-2)5-6-18(17)27-15-7-9-22(10-8-15)20(25)14-3-4-14/h5-6,11,13-15,23H,3-4,7-10,12H2,1-2H3,(H,21,24). The lowest BCUT2D eigenvalue weighted by Crippen LogP contribution is -2.42. The molecule has 2 N–H and O–H groups in total. The molecule has 2 amide bonds. The van der Waals surface area contributed by atoms with Crippen molar-refractivity contribution in [3.05, 3.63) is 23.8 Å². The van der Waals surface area contributed by atoms with Gasteiger partial charge in [-0.2, -0.15) is 0 Å². The quantitative estimate of drug-likeness (QED) is 0.754. The predicted molar refractivity (Wildman–Crippen MR) is 100.0 cm³/mol. The fourth-order valence-electron chi connectivity index (χ4n) is 3.23. The average molecular weight is 376 g/mol. The van der Waals surface area contributed by atoms with Crippen LogP contribution in [0, 0.1) is 5.92 Å². The van der Waals surface area contributed by atoms with Gasteiger partial charge in [-0.05, 0) is 38.0 Å². The zero-order valence-corrected chi connectivity index (χ0v) is 15.9. The molecule has 0 spiro atoms. The van der Waals surface area contributed by atoms with Gasteiger partial charge in [0.15, 0.2) is 0 Å². The summed E-state index contributed by atoms with van der Waals surface area (Å²) in [5.41, 5.74) is 0.381. The number of benzene rings is 1. The lowest BCUT2D eigenvalue weighted by atomic mass is 10.1. The highest BCUT2D eigenvalue weighted by Gasteiger charge is 2.35. The van der Waals surface area contributed by atoms with Gasteiger partial charge in [0.05, 0.1) is 19.3 Å². The van der Waals surface area contributed by atoms with Crippen molar-refractivity contribution in [2.24, 2.45) is 5.92 Å². The summed E-state index contributed by atoms with van der Waals surface area (Å²) in [5.74, 6) is 1.26. The number of likely N-dealkylation sites (tertiary alicyclic amines) is 1. The fourth-order valence-corrected chi connectivity index (χ4v) is 3.23. The van der Waals surface area contributed by atoms with Gasteiger partial charge in [0, 0.05) is 37.9 Å². The number of hydrogen-bond acceptors (Lipinski definition) is 5. The SMILES string of the molecule is COc1ccc(OC2CCN(C(=O)C3CC3)CC2)c(C(=O)NC(C)CO)c1. The Balaban J connectivity index is 1.65. The minimum Gasteiger partial charge on any atom is -0.497 e. The van der Waals surface area contributed by atoms with E-state index < -0.39 is 0 Å². The largest absolute Gasteiger partial charge is 0.497 e. The summed E-state index contributed by atoms with van der Waals surface area (Å²) < 4.78 is 11.3. The number of piperidine rings is 1. The first-order valence-corrected chi connectivity index (χ1v) is 9.57. The van der Waals surface area contributed by atoms with Crippen LogP contribution in [0.5, 0.6) is 11.5 Å². The molecule has 1 saturated heterocycles. The third-order valence-electron chi connectivity index (χ3n) is 5.06. The normalized spacial score (nSPS) is 18.7. The first-order chi connectivity index (χ1) is 13.0. The van der Waals surface area contributed by atoms with Gasteiger partial charge in [-0.1, -0.05) is 0 Å². The van der Waals surface area contributed by atoms with Crippen molar-refractivity contribution in [3.8, 4) is 11.5 Å². The van der Waals surface area contributed by atoms with E-state index in [0.717, 1.165) is 25.7 Å². The molecule has 1 aromatic rings. The monoisotopic (exact) mass is 376 g/mol. The molecule has 2 aliphatic rings. The molecule has 1 aliphatic heterocycles. The zero-order chi connectivity index (χ0) is 19.4. The van der Waals surface area contributed by atoms with E-state index in [9.17, 15) is 14.7 Å². The van der Waals surface area contributed by atoms with Crippen molar-refractivity contribution in [3.63, 3.8) is 0 Å². The van der Waals surface area contributed by atoms with E-state index in [0.29, 0.717) is 30.2 Å². The van der Waals surface area contributed by atoms with Crippen molar-refractivity contribution in [2.45, 2.75) is 44.8 Å². The summed E-state index contributed by atoms with van der Waals surface area (Å²) in [6.45, 7) is 2.98. The van der Waals surface area contributed by atoms with Gasteiger partial charge in [0.2, 0.25) is 5.91 Å². The Morgan fingerprint density at radius 1 is 1.26 bits per heavy atom. The molecule has 1 aromatic carbocycles. The number of nitrogens with zero attached hydrogens (tertiary/aromatic N) is 1. The number of carbonyl (C=O) groups is 2. The van der Waals surface area contributed by atoms with E-state index in [1.165, 1.54) is 0 Å². The molecular weight excluding hydrogens is 348 g/mol. The van der Waals surface area contributed by atoms with Crippen LogP contribution in [0.25, 0.3) is 0 Å². The van der Waals surface area contributed by atoms with E-state index in [2.05, 4.69) is 5.32 Å². The molecule has 2 fully saturated rings. The minimum absolute atomic E-state index is 0.0385. The average Bonchev–Trinajstić information content (AvgIpc) is 3.53. The van der Waals surface area contributed by atoms with Crippen LogP contribution in [-0.4, -0.2) is 60.8 Å². The Hall–Kier alpha value is -2.28. The van der Waals surface area contributed by atoms with Crippen LogP contribution in [0.15, 0.2) is 18.2 Å². The second kappa shape index (κ2) is 8.61. The van der Waals surface area contributed by atoms with Crippen molar-refractivity contribution >= 4 is 11.8 Å². The Bertz CT molecular complexity index is 681. The van der Waals surface area contributed by atoms with Crippen molar-refractivity contribution in [1.29, 1.82) is 0 Å². The van der Waals surface area contributed by atoms with Gasteiger partial charge in [0.1, 0.15) is 17.6 Å². The number of aliphatic hydroxyl groups is 1. The molecule has 1 aliphatic carbocycles. The number of hydrogen-bond donors (Lipinski definition) is 2. The van der Waals surface area contributed by atoms with Crippen molar-refractivity contribution < 1.29 is 24.2 Å². The molecule has 1 heterocycles. The summed E-state index contributed by atoms with van der Waals surface area (Å²) >= 11 is 0. The maximum Gasteiger partial charge on any atom is 0.255 e. The molecule has 7 heteroatoms. The lowest BCUT2D eigenvalue weighted by Gasteiger charge is -2.32. The fraction of sp³-hybridized carbons (Fsp3) is 0.600. The topological polar surface area (TPSA) is 88.1 Å². The molecule has 1 atom stereocenters. The van der Waals surface area contributed by atoms with Crippen LogP contribution in [0.1, 0.15) is 43.0 Å². The molecule has 1 unspecified atom stereocenters. The highest BCUT2D eigenvalue weighted by atomic mass is 16.5. The number of amides is 2. The smallest absolute Gasteiger partial charge is 0.255 e. The number of rotatable bonds is 7. The molecular formula is C20H28N2O5. The number of aliphatic hydroxyl groups excluding tert-OH is 1. The zero-order valence-electron chi connectivity index (χ0n) is 15.9. The minimum atomic E-state index is -0.353. The maximum atomic E-state index is 12.6. The Labute approximate surface area is 159 Å². The third kappa shape index (κ3) is 4.91. The van der Waals surface area contributed by atoms with Gasteiger partial charge < -0.3 is 24.8 Å². The van der Waals surface area contributed by atoms with Crippen LogP contribution < -0.4 is 14.8 Å². The predicted octanol–water partition coefficient (Wildman–Crippen LogP) is 1.59. The molecule has 0 aromatic heterocycles. The van der Waals surface area contributed by atoms with Gasteiger partial charge in [-0.25, -0.2) is 0 Å². The second-order valence-electron chi connectivity index (χ2n) is 7.34. The molecule has 0 radical (unpaired) electrons. The summed E-state index contributed by atoms with van der Waals surface area (Å²) in [4.78, 5) is 26.7. The summed E-state index contributed by atoms with van der Waals surface area (Å²) in [5, 5.41) is 11.9. The second-order valence-corrected chi connectivity index (χ2v) is 7.34. The van der Waals surface area contributed by atoms with Crippen molar-refractivity contribution in [2.75, 3.05) is 26.8 Å². The molecule has 7 nitrogen and oxygen atoms in total. The lowest BCUT2D eigenvalue weighted by molar-refractivity contribution is -0.134. The van der Waals surface area contributed by atoms with Crippen LogP contribution in [0.4, 0.5) is 0 Å². The highest BCUT2D eigenvalue weighted by molar-refractivity contribution is 5.97. The Morgan fingerprint density at radius 2 is 1.96 bits per heavy atom. The van der Waals surface area contributed by atoms with E-state index in [-0.39, 0.29) is 36.5 Å². The highest BCUT2D eigenvalue weighted by Crippen LogP contribution is 2.32. The first kappa shape index (κ1) is 19.5. The van der Waals surface area contributed by atoms with Crippen molar-refractivity contribution in [1.82, 2.24) is 10.2 Å². The first-order valence-electron chi connectivity index (χ1n) is 9.57. The van der Waals surface area contributed by atoms with Crippen LogP contribution >= 0.6 is 0 Å². The Kier molecular flexibility index (Phi) is 6.21. The van der Waals surface area contributed by atoms with Crippen LogP contribution in [0.2, 0.25) is 0 Å². The summed E-state index contributed by atoms with van der Waals surface area (Å²) in [7, 11) is 1.54. The third-order valence-corrected chi connectivity index (χ3v) is 5.06. The van der Waals surface area contributed by atoms with Gasteiger partial charge in [-0.15, -0.1) is 0 Å². The molecule has 3 rings (SSSR count). The van der Waals surface area contributed by atoms with E-state index in [1.807, 2.05) is 4.90 Å². The van der Waals surface area contributed by atoms with E-state index in [1.54, 1.807) is 32.2 Å². The van der Waals surface area contributed by atoms with E-state index in [4.69, 9.17) is 9.47 Å². The van der Waals surface area contributed by atoms with Gasteiger partial charge in [-0.3, -0.25) is 9.59 Å². The van der Waals surface area contributed by atoms with Gasteiger partial charge >= 0.3 is 0 Å². The molecule has 1 saturated carbocycles. The molecule has 27 heavy (non-hydrogen) atoms. The van der Waals surface area contributed by atoms with E-state index >= 15 is 0 Å². The number of methoxy groups -OCH3 is 1. The number of nitrogens with one attached hydrogen (secondary N) is 1. The number of ether oxygens (including phenoxy) is 2. The van der Waals surface area contributed by atoms with Crippen LogP contribution in [-0.2, 0) is 4.79 Å². The number of carbonyl (C=O) groups excluding carboxylic acids is 2. The maximum absolute atomic E-state index is 12.6. The molecule has 0 bridgehead atoms. The Morgan fingerprint density at radius 3 is 2.56 bits per heavy atom.